The van der Waals surface area contributed by atoms with Crippen LogP contribution in [0.3, 0.4) is 0 Å². The maximum absolute atomic E-state index is 12.7. The van der Waals surface area contributed by atoms with Gasteiger partial charge < -0.3 is 19.9 Å². The van der Waals surface area contributed by atoms with Crippen LogP contribution >= 0.6 is 0 Å². The second-order valence-corrected chi connectivity index (χ2v) is 7.87. The van der Waals surface area contributed by atoms with E-state index in [0.717, 1.165) is 54.8 Å². The van der Waals surface area contributed by atoms with Gasteiger partial charge in [0, 0.05) is 18.6 Å². The first-order valence-corrected chi connectivity index (χ1v) is 10.1. The molecule has 5 rings (SSSR count). The highest BCUT2D eigenvalue weighted by Gasteiger charge is 2.43. The van der Waals surface area contributed by atoms with E-state index in [1.165, 1.54) is 6.33 Å². The molecule has 0 unspecified atom stereocenters. The van der Waals surface area contributed by atoms with Crippen molar-refractivity contribution < 1.29 is 9.53 Å². The highest BCUT2D eigenvalue weighted by Crippen LogP contribution is 2.39. The van der Waals surface area contributed by atoms with Gasteiger partial charge in [-0.15, -0.1) is 0 Å². The summed E-state index contributed by atoms with van der Waals surface area (Å²) in [6.07, 6.45) is 7.07. The molecule has 2 fully saturated rings. The van der Waals surface area contributed by atoms with E-state index in [2.05, 4.69) is 25.3 Å². The molecule has 0 radical (unpaired) electrons. The zero-order chi connectivity index (χ0) is 19.6. The van der Waals surface area contributed by atoms with Crippen molar-refractivity contribution in [3.63, 3.8) is 0 Å². The lowest BCUT2D eigenvalue weighted by Crippen LogP contribution is -2.47. The van der Waals surface area contributed by atoms with Crippen molar-refractivity contribution in [2.45, 2.75) is 44.4 Å². The van der Waals surface area contributed by atoms with Crippen LogP contribution in [0.2, 0.25) is 0 Å². The molecule has 2 aliphatic heterocycles. The van der Waals surface area contributed by atoms with Crippen LogP contribution in [0.1, 0.15) is 31.2 Å². The summed E-state index contributed by atoms with van der Waals surface area (Å²) in [5.74, 6) is 1.25. The maximum Gasteiger partial charge on any atom is 0.410 e. The molecule has 0 spiro atoms. The monoisotopic (exact) mass is 392 g/mol. The Balaban J connectivity index is 1.18. The van der Waals surface area contributed by atoms with E-state index in [0.29, 0.717) is 12.5 Å². The third kappa shape index (κ3) is 3.62. The number of piperidine rings is 1. The van der Waals surface area contributed by atoms with Crippen LogP contribution in [0.5, 0.6) is 0 Å². The fourth-order valence-electron chi connectivity index (χ4n) is 4.68. The minimum atomic E-state index is -0.179. The number of ether oxygens (including phenoxy) is 1. The number of hydrogen-bond donors (Lipinski definition) is 2. The molecular formula is C21H24N6O2. The van der Waals surface area contributed by atoms with Crippen LogP contribution in [-0.2, 0) is 11.3 Å². The van der Waals surface area contributed by atoms with Crippen molar-refractivity contribution in [1.29, 1.82) is 0 Å². The van der Waals surface area contributed by atoms with Crippen LogP contribution in [0.25, 0.3) is 11.2 Å². The van der Waals surface area contributed by atoms with Gasteiger partial charge in [-0.2, -0.15) is 0 Å². The summed E-state index contributed by atoms with van der Waals surface area (Å²) in [4.78, 5) is 30.5. The molecule has 2 aliphatic rings. The number of hydrogen-bond acceptors (Lipinski definition) is 6. The first kappa shape index (κ1) is 17.9. The average Bonchev–Trinajstić information content (AvgIpc) is 3.34. The third-order valence-electron chi connectivity index (χ3n) is 6.02. The molecule has 0 aliphatic carbocycles. The molecule has 2 aromatic heterocycles. The predicted molar refractivity (Wildman–Crippen MR) is 108 cm³/mol. The molecule has 2 N–H and O–H groups in total. The van der Waals surface area contributed by atoms with E-state index >= 15 is 0 Å². The van der Waals surface area contributed by atoms with Gasteiger partial charge in [-0.25, -0.2) is 19.7 Å². The Bertz CT molecular complexity index is 977. The topological polar surface area (TPSA) is 96.0 Å². The Morgan fingerprint density at radius 2 is 1.93 bits per heavy atom. The van der Waals surface area contributed by atoms with Crippen molar-refractivity contribution in [1.82, 2.24) is 24.8 Å². The normalized spacial score (nSPS) is 23.3. The second-order valence-electron chi connectivity index (χ2n) is 7.87. The zero-order valence-electron chi connectivity index (χ0n) is 16.1. The van der Waals surface area contributed by atoms with Gasteiger partial charge in [-0.05, 0) is 37.2 Å². The van der Waals surface area contributed by atoms with Gasteiger partial charge in [-0.1, -0.05) is 30.3 Å². The minimum absolute atomic E-state index is 0.179. The second kappa shape index (κ2) is 7.69. The number of carbonyl (C=O) groups is 1. The van der Waals surface area contributed by atoms with E-state index in [1.54, 1.807) is 6.33 Å². The summed E-state index contributed by atoms with van der Waals surface area (Å²) >= 11 is 0. The number of nitrogens with zero attached hydrogens (tertiary/aromatic N) is 4. The highest BCUT2D eigenvalue weighted by molar-refractivity contribution is 5.81. The molecule has 8 heteroatoms. The summed E-state index contributed by atoms with van der Waals surface area (Å²) in [6, 6.07) is 10.4. The summed E-state index contributed by atoms with van der Waals surface area (Å²) in [6.45, 7) is 1.15. The van der Waals surface area contributed by atoms with Crippen molar-refractivity contribution >= 4 is 23.1 Å². The quantitative estimate of drug-likeness (QED) is 0.691. The van der Waals surface area contributed by atoms with Crippen LogP contribution in [0.15, 0.2) is 43.0 Å². The molecule has 3 atom stereocenters. The summed E-state index contributed by atoms with van der Waals surface area (Å²) in [7, 11) is 0. The van der Waals surface area contributed by atoms with E-state index in [4.69, 9.17) is 4.74 Å². The van der Waals surface area contributed by atoms with Crippen molar-refractivity contribution in [3.05, 3.63) is 48.5 Å². The number of nitrogens with one attached hydrogen (secondary N) is 2. The first-order valence-electron chi connectivity index (χ1n) is 10.1. The Morgan fingerprint density at radius 1 is 1.14 bits per heavy atom. The first-order chi connectivity index (χ1) is 14.3. The number of rotatable bonds is 5. The molecule has 4 heterocycles. The number of aromatic nitrogens is 4. The van der Waals surface area contributed by atoms with E-state index < -0.39 is 0 Å². The number of amides is 1. The fourth-order valence-corrected chi connectivity index (χ4v) is 4.68. The molecule has 150 valence electrons. The number of H-pyrrole nitrogens is 1. The molecule has 29 heavy (non-hydrogen) atoms. The molecular weight excluding hydrogens is 368 g/mol. The minimum Gasteiger partial charge on any atom is -0.445 e. The number of anilines is 1. The third-order valence-corrected chi connectivity index (χ3v) is 6.02. The van der Waals surface area contributed by atoms with E-state index in [9.17, 15) is 4.79 Å². The summed E-state index contributed by atoms with van der Waals surface area (Å²) in [5, 5.41) is 3.43. The van der Waals surface area contributed by atoms with Gasteiger partial charge in [-0.3, -0.25) is 0 Å². The fraction of sp³-hybridized carbons (Fsp3) is 0.429. The van der Waals surface area contributed by atoms with E-state index in [-0.39, 0.29) is 18.2 Å². The molecule has 2 saturated heterocycles. The average molecular weight is 392 g/mol. The van der Waals surface area contributed by atoms with Crippen LogP contribution in [0, 0.1) is 5.92 Å². The zero-order valence-corrected chi connectivity index (χ0v) is 16.1. The van der Waals surface area contributed by atoms with Gasteiger partial charge in [0.15, 0.2) is 11.5 Å². The van der Waals surface area contributed by atoms with Crippen LogP contribution < -0.4 is 5.32 Å². The van der Waals surface area contributed by atoms with Gasteiger partial charge in [0.2, 0.25) is 0 Å². The molecule has 0 saturated carbocycles. The van der Waals surface area contributed by atoms with E-state index in [1.807, 2.05) is 35.2 Å². The Morgan fingerprint density at radius 3 is 2.72 bits per heavy atom. The number of carbonyl (C=O) groups excluding carboxylic acids is 1. The largest absolute Gasteiger partial charge is 0.445 e. The Kier molecular flexibility index (Phi) is 4.75. The Hall–Kier alpha value is -3.16. The number of aromatic amines is 1. The standard InChI is InChI=1S/C21H24N6O2/c28-21(29-11-14-4-2-1-3-5-14)27-16-6-7-17(27)9-15(8-16)10-22-19-18-20(24-12-23-18)26-13-25-19/h1-5,12-13,15-17H,6-11H2,(H2,22,23,24,25,26)/t15-,16-,17+. The van der Waals surface area contributed by atoms with Crippen molar-refractivity contribution in [2.75, 3.05) is 11.9 Å². The number of imidazole rings is 1. The smallest absolute Gasteiger partial charge is 0.410 e. The summed E-state index contributed by atoms with van der Waals surface area (Å²) in [5.41, 5.74) is 2.51. The predicted octanol–water partition coefficient (Wildman–Crippen LogP) is 3.34. The lowest BCUT2D eigenvalue weighted by Gasteiger charge is -2.38. The van der Waals surface area contributed by atoms with Gasteiger partial charge in [0.05, 0.1) is 6.33 Å². The lowest BCUT2D eigenvalue weighted by atomic mass is 9.91. The molecule has 8 nitrogen and oxygen atoms in total. The number of benzene rings is 1. The van der Waals surface area contributed by atoms with Gasteiger partial charge in [0.1, 0.15) is 18.5 Å². The highest BCUT2D eigenvalue weighted by atomic mass is 16.6. The van der Waals surface area contributed by atoms with Crippen molar-refractivity contribution in [2.24, 2.45) is 5.92 Å². The van der Waals surface area contributed by atoms with Crippen LogP contribution in [-0.4, -0.2) is 49.6 Å². The SMILES string of the molecule is O=C(OCc1ccccc1)N1[C@@H]2CC[C@H]1C[C@H](CNc1ncnc3[nH]cnc13)C2. The van der Waals surface area contributed by atoms with Gasteiger partial charge in [0.25, 0.3) is 0 Å². The number of fused-ring (bicyclic) bond motifs is 3. The lowest BCUT2D eigenvalue weighted by molar-refractivity contribution is 0.0546. The molecule has 1 aromatic carbocycles. The van der Waals surface area contributed by atoms with Gasteiger partial charge >= 0.3 is 6.09 Å². The Labute approximate surface area is 168 Å². The van der Waals surface area contributed by atoms with Crippen LogP contribution in [0.4, 0.5) is 10.6 Å². The summed E-state index contributed by atoms with van der Waals surface area (Å²) < 4.78 is 5.59. The molecule has 3 aromatic rings. The molecule has 1 amide bonds. The molecule has 2 bridgehead atoms. The maximum atomic E-state index is 12.7. The van der Waals surface area contributed by atoms with Crippen molar-refractivity contribution in [3.8, 4) is 0 Å².